The molecule has 0 saturated carbocycles. The van der Waals surface area contributed by atoms with Gasteiger partial charge in [0.2, 0.25) is 5.52 Å². The van der Waals surface area contributed by atoms with Gasteiger partial charge in [-0.2, -0.15) is 4.57 Å². The molecule has 0 bridgehead atoms. The molecule has 2 heterocycles. The molecule has 0 saturated heterocycles. The summed E-state index contributed by atoms with van der Waals surface area (Å²) < 4.78 is 4.23. The highest BCUT2D eigenvalue weighted by Gasteiger charge is 2.13. The minimum absolute atomic E-state index is 0.232. The maximum atomic E-state index is 12.9. The Morgan fingerprint density at radius 1 is 0.581 bits per heavy atom. The van der Waals surface area contributed by atoms with Crippen molar-refractivity contribution < 1.29 is 23.5 Å². The maximum Gasteiger partial charge on any atom is 0.255 e. The van der Waals surface area contributed by atoms with Gasteiger partial charge in [-0.3, -0.25) is 14.4 Å². The predicted molar refractivity (Wildman–Crippen MR) is 168 cm³/mol. The van der Waals surface area contributed by atoms with Crippen LogP contribution in [-0.4, -0.2) is 17.7 Å². The molecule has 8 nitrogen and oxygen atoms in total. The largest absolute Gasteiger partial charge is 0.322 e. The lowest BCUT2D eigenvalue weighted by atomic mass is 10.1. The van der Waals surface area contributed by atoms with Crippen LogP contribution in [0.5, 0.6) is 0 Å². The van der Waals surface area contributed by atoms with Gasteiger partial charge in [-0.25, -0.2) is 4.57 Å². The van der Waals surface area contributed by atoms with Gasteiger partial charge in [-0.05, 0) is 72.8 Å². The fourth-order valence-corrected chi connectivity index (χ4v) is 4.88. The highest BCUT2D eigenvalue weighted by Crippen LogP contribution is 2.18. The third kappa shape index (κ3) is 7.29. The molecule has 0 unspecified atom stereocenters. The molecule has 0 aliphatic rings. The van der Waals surface area contributed by atoms with Gasteiger partial charge < -0.3 is 16.0 Å². The number of anilines is 3. The first kappa shape index (κ1) is 29.1. The zero-order valence-electron chi connectivity index (χ0n) is 24.3. The van der Waals surface area contributed by atoms with Crippen molar-refractivity contribution in [3.8, 4) is 0 Å². The van der Waals surface area contributed by atoms with Crippen LogP contribution in [0, 0.1) is 0 Å². The van der Waals surface area contributed by atoms with Gasteiger partial charge in [0.1, 0.15) is 18.8 Å². The molecule has 0 aliphatic heterocycles. The van der Waals surface area contributed by atoms with Crippen LogP contribution in [0.4, 0.5) is 17.1 Å². The Balaban J connectivity index is 1.17. The molecule has 0 radical (unpaired) electrons. The van der Waals surface area contributed by atoms with Crippen LogP contribution < -0.4 is 25.1 Å². The molecular weight excluding hydrogens is 538 g/mol. The molecule has 0 aliphatic carbocycles. The monoisotopic (exact) mass is 573 g/mol. The van der Waals surface area contributed by atoms with Gasteiger partial charge in [-0.1, -0.05) is 13.8 Å². The molecule has 0 atom stereocenters. The first-order chi connectivity index (χ1) is 20.9. The van der Waals surface area contributed by atoms with E-state index < -0.39 is 0 Å². The van der Waals surface area contributed by atoms with Gasteiger partial charge in [0.25, 0.3) is 17.7 Å². The van der Waals surface area contributed by atoms with E-state index in [1.807, 2.05) is 59.4 Å². The normalized spacial score (nSPS) is 10.7. The van der Waals surface area contributed by atoms with Crippen LogP contribution in [0.25, 0.3) is 10.9 Å². The molecule has 216 valence electrons. The van der Waals surface area contributed by atoms with Gasteiger partial charge in [-0.15, -0.1) is 0 Å². The molecule has 8 heteroatoms. The number of aromatic nitrogens is 2. The Morgan fingerprint density at radius 3 is 1.74 bits per heavy atom. The number of pyridine rings is 2. The van der Waals surface area contributed by atoms with E-state index in [-0.39, 0.29) is 17.7 Å². The van der Waals surface area contributed by atoms with E-state index in [2.05, 4.69) is 40.6 Å². The Hall–Kier alpha value is -5.37. The number of fused-ring (bicyclic) bond motifs is 1. The molecule has 3 aromatic carbocycles. The average molecular weight is 574 g/mol. The Bertz CT molecular complexity index is 1770. The fraction of sp³-hybridized carbons (Fsp3) is 0.171. The number of hydrogen-bond acceptors (Lipinski definition) is 3. The summed E-state index contributed by atoms with van der Waals surface area (Å²) in [6.07, 6.45) is 7.96. The molecule has 2 aromatic heterocycles. The summed E-state index contributed by atoms with van der Waals surface area (Å²) in [6, 6.07) is 26.8. The Morgan fingerprint density at radius 2 is 1.12 bits per heavy atom. The minimum atomic E-state index is -0.316. The highest BCUT2D eigenvalue weighted by atomic mass is 16.2. The second kappa shape index (κ2) is 13.5. The number of rotatable bonds is 10. The van der Waals surface area contributed by atoms with Crippen LogP contribution in [0.3, 0.4) is 0 Å². The minimum Gasteiger partial charge on any atom is -0.322 e. The predicted octanol–water partition coefficient (Wildman–Crippen LogP) is 5.99. The molecule has 5 rings (SSSR count). The number of aryl methyl sites for hydroxylation is 2. The zero-order valence-corrected chi connectivity index (χ0v) is 24.3. The SMILES string of the molecule is CCC[n+]1cccc(NC(=O)c2ccc(NC(=O)c3ccc(C(=O)Nc4ccc5c(ccc[n+]5CCC)c4)cc3)cc2)c1. The third-order valence-electron chi connectivity index (χ3n) is 7.01. The second-order valence-corrected chi connectivity index (χ2v) is 10.3. The third-order valence-corrected chi connectivity index (χ3v) is 7.01. The van der Waals surface area contributed by atoms with Crippen molar-refractivity contribution >= 4 is 45.7 Å². The maximum absolute atomic E-state index is 12.9. The van der Waals surface area contributed by atoms with E-state index in [1.165, 1.54) is 0 Å². The summed E-state index contributed by atoms with van der Waals surface area (Å²) in [5.41, 5.74) is 4.42. The standard InChI is InChI=1S/C35H33N5O3/c1-3-19-39-21-6-8-31(24-39)38-35(43)27-13-15-29(16-14-27)36-33(41)25-9-11-26(12-10-25)34(42)37-30-17-18-32-28(23-30)7-5-22-40(32)20-4-2/h5-18,21-24H,3-4,19-20H2,1-2H3,(H-2,36,37,38,41,42,43)/p+2. The van der Waals surface area contributed by atoms with Crippen LogP contribution in [0.15, 0.2) is 110 Å². The van der Waals surface area contributed by atoms with Gasteiger partial charge in [0.05, 0.1) is 0 Å². The summed E-state index contributed by atoms with van der Waals surface area (Å²) >= 11 is 0. The lowest BCUT2D eigenvalue weighted by molar-refractivity contribution is -0.696. The van der Waals surface area contributed by atoms with E-state index in [0.29, 0.717) is 33.8 Å². The Kier molecular flexibility index (Phi) is 9.17. The van der Waals surface area contributed by atoms with Gasteiger partial charge in [0, 0.05) is 64.5 Å². The van der Waals surface area contributed by atoms with Crippen molar-refractivity contribution in [3.05, 3.63) is 126 Å². The number of amides is 3. The Labute approximate surface area is 251 Å². The highest BCUT2D eigenvalue weighted by molar-refractivity contribution is 6.08. The number of nitrogens with one attached hydrogen (secondary N) is 3. The van der Waals surface area contributed by atoms with E-state index in [9.17, 15) is 14.4 Å². The molecule has 43 heavy (non-hydrogen) atoms. The summed E-state index contributed by atoms with van der Waals surface area (Å²) in [7, 11) is 0. The fourth-order valence-electron chi connectivity index (χ4n) is 4.88. The first-order valence-electron chi connectivity index (χ1n) is 14.5. The molecule has 0 fully saturated rings. The summed E-state index contributed by atoms with van der Waals surface area (Å²) in [6.45, 7) is 6.04. The second-order valence-electron chi connectivity index (χ2n) is 10.3. The number of carbonyl (C=O) groups is 3. The lowest BCUT2D eigenvalue weighted by Crippen LogP contribution is -2.33. The van der Waals surface area contributed by atoms with Crippen molar-refractivity contribution in [3.63, 3.8) is 0 Å². The molecule has 5 aromatic rings. The van der Waals surface area contributed by atoms with Crippen molar-refractivity contribution in [1.82, 2.24) is 0 Å². The first-order valence-corrected chi connectivity index (χ1v) is 14.5. The molecule has 3 amide bonds. The average Bonchev–Trinajstić information content (AvgIpc) is 3.02. The smallest absolute Gasteiger partial charge is 0.255 e. The van der Waals surface area contributed by atoms with E-state index in [1.54, 1.807) is 48.5 Å². The summed E-state index contributed by atoms with van der Waals surface area (Å²) in [5.74, 6) is -0.804. The number of hydrogen-bond donors (Lipinski definition) is 3. The van der Waals surface area contributed by atoms with E-state index in [4.69, 9.17) is 0 Å². The van der Waals surface area contributed by atoms with Crippen LogP contribution in [-0.2, 0) is 13.1 Å². The van der Waals surface area contributed by atoms with Crippen molar-refractivity contribution in [1.29, 1.82) is 0 Å². The van der Waals surface area contributed by atoms with Crippen molar-refractivity contribution in [2.45, 2.75) is 39.8 Å². The van der Waals surface area contributed by atoms with Crippen molar-refractivity contribution in [2.24, 2.45) is 0 Å². The van der Waals surface area contributed by atoms with Gasteiger partial charge in [0.15, 0.2) is 18.6 Å². The van der Waals surface area contributed by atoms with Crippen LogP contribution in [0.1, 0.15) is 57.8 Å². The van der Waals surface area contributed by atoms with Crippen LogP contribution >= 0.6 is 0 Å². The lowest BCUT2D eigenvalue weighted by Gasteiger charge is -2.09. The van der Waals surface area contributed by atoms with E-state index >= 15 is 0 Å². The van der Waals surface area contributed by atoms with E-state index in [0.717, 1.165) is 36.8 Å². The number of nitrogens with zero attached hydrogens (tertiary/aromatic N) is 2. The zero-order chi connectivity index (χ0) is 30.2. The summed E-state index contributed by atoms with van der Waals surface area (Å²) in [5, 5.41) is 9.74. The number of benzene rings is 3. The summed E-state index contributed by atoms with van der Waals surface area (Å²) in [4.78, 5) is 38.4. The van der Waals surface area contributed by atoms with Crippen LogP contribution in [0.2, 0.25) is 0 Å². The quantitative estimate of drug-likeness (QED) is 0.179. The van der Waals surface area contributed by atoms with Gasteiger partial charge >= 0.3 is 0 Å². The number of carbonyl (C=O) groups excluding carboxylic acids is 3. The molecular formula is C35H35N5O3+2. The molecule has 0 spiro atoms. The van der Waals surface area contributed by atoms with Crippen molar-refractivity contribution in [2.75, 3.05) is 16.0 Å². The molecule has 3 N–H and O–H groups in total. The topological polar surface area (TPSA) is 95.1 Å².